The summed E-state index contributed by atoms with van der Waals surface area (Å²) in [7, 11) is 0. The number of hydrogen-bond acceptors (Lipinski definition) is 6. The van der Waals surface area contributed by atoms with Crippen LogP contribution in [0.5, 0.6) is 0 Å². The SMILES string of the molecule is CCCCc1nc2[nH]c(=O)n(CC3CC3)c(=O)c2n1Cc1ccc(-c2ccccc2-c2nnn[nH]2)cc1. The van der Waals surface area contributed by atoms with E-state index in [9.17, 15) is 9.59 Å². The van der Waals surface area contributed by atoms with Crippen LogP contribution >= 0.6 is 0 Å². The maximum atomic E-state index is 13.5. The predicted molar refractivity (Wildman–Crippen MR) is 140 cm³/mol. The zero-order chi connectivity index (χ0) is 25.4. The summed E-state index contributed by atoms with van der Waals surface area (Å²) in [5.41, 5.74) is 4.23. The second-order valence-electron chi connectivity index (χ2n) is 9.70. The molecule has 0 saturated heterocycles. The van der Waals surface area contributed by atoms with Crippen molar-refractivity contribution >= 4 is 11.2 Å². The molecule has 1 aliphatic carbocycles. The Morgan fingerprint density at radius 1 is 1.00 bits per heavy atom. The normalized spacial score (nSPS) is 13.4. The second-order valence-corrected chi connectivity index (χ2v) is 9.70. The van der Waals surface area contributed by atoms with E-state index in [0.29, 0.717) is 36.0 Å². The third kappa shape index (κ3) is 4.50. The van der Waals surface area contributed by atoms with Crippen LogP contribution in [0.1, 0.15) is 44.0 Å². The fraction of sp³-hybridized carbons (Fsp3) is 0.333. The average Bonchev–Trinajstić information content (AvgIpc) is 3.44. The number of benzene rings is 2. The molecule has 188 valence electrons. The lowest BCUT2D eigenvalue weighted by Gasteiger charge is -2.12. The Bertz CT molecular complexity index is 1660. The highest BCUT2D eigenvalue weighted by molar-refractivity contribution is 5.80. The molecule has 6 rings (SSSR count). The summed E-state index contributed by atoms with van der Waals surface area (Å²) in [4.78, 5) is 33.6. The molecule has 3 heterocycles. The van der Waals surface area contributed by atoms with Gasteiger partial charge in [0, 0.05) is 25.1 Å². The Kier molecular flexibility index (Phi) is 5.99. The van der Waals surface area contributed by atoms with E-state index in [0.717, 1.165) is 60.2 Å². The molecule has 0 aliphatic heterocycles. The first-order chi connectivity index (χ1) is 18.1. The topological polar surface area (TPSA) is 127 Å². The van der Waals surface area contributed by atoms with Gasteiger partial charge in [-0.3, -0.25) is 14.3 Å². The van der Waals surface area contributed by atoms with Gasteiger partial charge in [-0.05, 0) is 52.3 Å². The molecule has 0 atom stereocenters. The molecule has 0 bridgehead atoms. The molecule has 1 saturated carbocycles. The van der Waals surface area contributed by atoms with E-state index in [2.05, 4.69) is 61.8 Å². The quantitative estimate of drug-likeness (QED) is 0.321. The number of aryl methyl sites for hydroxylation is 1. The number of H-pyrrole nitrogens is 2. The van der Waals surface area contributed by atoms with Gasteiger partial charge in [0.05, 0.1) is 0 Å². The van der Waals surface area contributed by atoms with Crippen LogP contribution in [0.2, 0.25) is 0 Å². The number of aromatic nitrogens is 8. The van der Waals surface area contributed by atoms with Gasteiger partial charge >= 0.3 is 5.69 Å². The third-order valence-corrected chi connectivity index (χ3v) is 6.99. The summed E-state index contributed by atoms with van der Waals surface area (Å²) >= 11 is 0. The van der Waals surface area contributed by atoms with E-state index < -0.39 is 0 Å². The smallest absolute Gasteiger partial charge is 0.318 e. The summed E-state index contributed by atoms with van der Waals surface area (Å²) in [6.07, 6.45) is 4.84. The minimum Gasteiger partial charge on any atom is -0.318 e. The highest BCUT2D eigenvalue weighted by Crippen LogP contribution is 2.31. The van der Waals surface area contributed by atoms with Crippen molar-refractivity contribution in [2.24, 2.45) is 5.92 Å². The lowest BCUT2D eigenvalue weighted by atomic mass is 9.98. The van der Waals surface area contributed by atoms with Crippen LogP contribution in [-0.4, -0.2) is 39.7 Å². The molecule has 0 unspecified atom stereocenters. The summed E-state index contributed by atoms with van der Waals surface area (Å²) in [6, 6.07) is 16.2. The number of imidazole rings is 1. The zero-order valence-corrected chi connectivity index (χ0v) is 20.6. The number of nitrogens with zero attached hydrogens (tertiary/aromatic N) is 6. The highest BCUT2D eigenvalue weighted by atomic mass is 16.2. The molecule has 0 amide bonds. The molecule has 5 aromatic rings. The summed E-state index contributed by atoms with van der Waals surface area (Å²) in [5.74, 6) is 1.85. The first-order valence-corrected chi connectivity index (χ1v) is 12.8. The molecular weight excluding hydrogens is 468 g/mol. The second kappa shape index (κ2) is 9.61. The molecule has 3 aromatic heterocycles. The maximum absolute atomic E-state index is 13.5. The van der Waals surface area contributed by atoms with Crippen LogP contribution in [0.15, 0.2) is 58.1 Å². The van der Waals surface area contributed by atoms with Crippen molar-refractivity contribution in [2.45, 2.75) is 52.1 Å². The number of fused-ring (bicyclic) bond motifs is 1. The fourth-order valence-electron chi connectivity index (χ4n) is 4.80. The van der Waals surface area contributed by atoms with Gasteiger partial charge in [0.1, 0.15) is 5.82 Å². The monoisotopic (exact) mass is 496 g/mol. The summed E-state index contributed by atoms with van der Waals surface area (Å²) in [5, 5.41) is 14.3. The zero-order valence-electron chi connectivity index (χ0n) is 20.6. The van der Waals surface area contributed by atoms with Crippen LogP contribution in [-0.2, 0) is 19.5 Å². The molecule has 2 N–H and O–H groups in total. The van der Waals surface area contributed by atoms with Crippen molar-refractivity contribution in [3.63, 3.8) is 0 Å². The minimum absolute atomic E-state index is 0.257. The summed E-state index contributed by atoms with van der Waals surface area (Å²) in [6.45, 7) is 3.09. The average molecular weight is 497 g/mol. The Labute approximate surface area is 212 Å². The molecule has 0 spiro atoms. The van der Waals surface area contributed by atoms with E-state index in [4.69, 9.17) is 0 Å². The Morgan fingerprint density at radius 3 is 2.49 bits per heavy atom. The lowest BCUT2D eigenvalue weighted by Crippen LogP contribution is -2.36. The largest absolute Gasteiger partial charge is 0.330 e. The third-order valence-electron chi connectivity index (χ3n) is 6.99. The van der Waals surface area contributed by atoms with Gasteiger partial charge in [0.25, 0.3) is 5.56 Å². The first-order valence-electron chi connectivity index (χ1n) is 12.8. The van der Waals surface area contributed by atoms with Crippen molar-refractivity contribution in [1.82, 2.24) is 39.7 Å². The summed E-state index contributed by atoms with van der Waals surface area (Å²) < 4.78 is 3.33. The van der Waals surface area contributed by atoms with Gasteiger partial charge in [-0.25, -0.2) is 14.9 Å². The van der Waals surface area contributed by atoms with E-state index in [1.54, 1.807) is 0 Å². The number of unbranched alkanes of at least 4 members (excludes halogenated alkanes) is 1. The van der Waals surface area contributed by atoms with Gasteiger partial charge in [-0.15, -0.1) is 5.10 Å². The van der Waals surface area contributed by atoms with E-state index >= 15 is 0 Å². The van der Waals surface area contributed by atoms with Crippen LogP contribution < -0.4 is 11.2 Å². The van der Waals surface area contributed by atoms with Gasteiger partial charge in [-0.2, -0.15) is 0 Å². The standard InChI is InChI=1S/C27H28N8O2/c1-2-3-8-22-28-25-23(26(36)35(27(37)29-25)16-17-9-10-17)34(22)15-18-11-13-19(14-12-18)20-6-4-5-7-21(20)24-30-32-33-31-24/h4-7,11-14,17H,2-3,8-10,15-16H2,1H3,(H,29,37)(H,30,31,32,33). The Balaban J connectivity index is 1.37. The number of tetrazole rings is 1. The van der Waals surface area contributed by atoms with Crippen molar-refractivity contribution < 1.29 is 0 Å². The van der Waals surface area contributed by atoms with Gasteiger partial charge < -0.3 is 4.57 Å². The van der Waals surface area contributed by atoms with Gasteiger partial charge in [0.2, 0.25) is 0 Å². The molecule has 1 aliphatic rings. The molecule has 10 nitrogen and oxygen atoms in total. The van der Waals surface area contributed by atoms with Crippen molar-refractivity contribution in [2.75, 3.05) is 0 Å². The van der Waals surface area contributed by atoms with E-state index in [-0.39, 0.29) is 11.2 Å². The molecule has 0 radical (unpaired) electrons. The van der Waals surface area contributed by atoms with Crippen molar-refractivity contribution in [1.29, 1.82) is 0 Å². The molecule has 2 aromatic carbocycles. The van der Waals surface area contributed by atoms with E-state index in [1.807, 2.05) is 28.8 Å². The van der Waals surface area contributed by atoms with Crippen LogP contribution in [0.25, 0.3) is 33.7 Å². The van der Waals surface area contributed by atoms with Crippen LogP contribution in [0.3, 0.4) is 0 Å². The molecule has 10 heteroatoms. The highest BCUT2D eigenvalue weighted by Gasteiger charge is 2.25. The van der Waals surface area contributed by atoms with Crippen molar-refractivity contribution in [3.05, 3.63) is 80.8 Å². The maximum Gasteiger partial charge on any atom is 0.330 e. The predicted octanol–water partition coefficient (Wildman–Crippen LogP) is 3.53. The Morgan fingerprint density at radius 2 is 1.78 bits per heavy atom. The van der Waals surface area contributed by atoms with Gasteiger partial charge in [0.15, 0.2) is 17.0 Å². The first kappa shape index (κ1) is 23.1. The number of rotatable bonds is 9. The molecular formula is C27H28N8O2. The number of hydrogen-bond donors (Lipinski definition) is 2. The molecule has 1 fully saturated rings. The fourth-order valence-corrected chi connectivity index (χ4v) is 4.80. The van der Waals surface area contributed by atoms with E-state index in [1.165, 1.54) is 4.57 Å². The van der Waals surface area contributed by atoms with Crippen molar-refractivity contribution in [3.8, 4) is 22.5 Å². The Hall–Kier alpha value is -4.34. The minimum atomic E-state index is -0.374. The van der Waals surface area contributed by atoms with Crippen LogP contribution in [0, 0.1) is 5.92 Å². The lowest BCUT2D eigenvalue weighted by molar-refractivity contribution is 0.578. The van der Waals surface area contributed by atoms with Gasteiger partial charge in [-0.1, -0.05) is 61.9 Å². The number of aromatic amines is 2. The molecule has 37 heavy (non-hydrogen) atoms. The van der Waals surface area contributed by atoms with Crippen LogP contribution in [0.4, 0.5) is 0 Å². The number of nitrogens with one attached hydrogen (secondary N) is 2.